The lowest BCUT2D eigenvalue weighted by atomic mass is 9.81. The van der Waals surface area contributed by atoms with Gasteiger partial charge in [0.25, 0.3) is 0 Å². The number of hydrogen-bond acceptors (Lipinski definition) is 2. The first-order valence-electron chi connectivity index (χ1n) is 6.12. The van der Waals surface area contributed by atoms with E-state index in [0.29, 0.717) is 18.2 Å². The normalized spacial score (nSPS) is 15.8. The van der Waals surface area contributed by atoms with Gasteiger partial charge < -0.3 is 5.73 Å². The summed E-state index contributed by atoms with van der Waals surface area (Å²) < 4.78 is 0. The summed E-state index contributed by atoms with van der Waals surface area (Å²) in [6.07, 6.45) is 5.38. The van der Waals surface area contributed by atoms with E-state index in [1.807, 2.05) is 24.3 Å². The molecular weight excluding hydrogens is 198 g/mol. The van der Waals surface area contributed by atoms with Crippen LogP contribution in [-0.4, -0.2) is 12.3 Å². The van der Waals surface area contributed by atoms with Gasteiger partial charge in [-0.2, -0.15) is 0 Å². The van der Waals surface area contributed by atoms with Crippen LogP contribution in [0.5, 0.6) is 0 Å². The van der Waals surface area contributed by atoms with Crippen LogP contribution in [0.3, 0.4) is 0 Å². The molecule has 0 spiro atoms. The maximum atomic E-state index is 11.9. The molecule has 2 nitrogen and oxygen atoms in total. The largest absolute Gasteiger partial charge is 0.330 e. The molecule has 0 unspecified atom stereocenters. The number of hydrogen-bond donors (Lipinski definition) is 1. The molecule has 0 aromatic heterocycles. The third kappa shape index (κ3) is 2.70. The Labute approximate surface area is 96.8 Å². The molecule has 16 heavy (non-hydrogen) atoms. The number of benzene rings is 1. The van der Waals surface area contributed by atoms with E-state index in [0.717, 1.165) is 18.4 Å². The summed E-state index contributed by atoms with van der Waals surface area (Å²) in [4.78, 5) is 11.9. The molecule has 1 fully saturated rings. The quantitative estimate of drug-likeness (QED) is 0.770. The molecule has 1 aromatic rings. The SMILES string of the molecule is NCCc1ccc(C(=O)CC2CCC2)cc1. The zero-order valence-corrected chi connectivity index (χ0v) is 9.61. The van der Waals surface area contributed by atoms with Gasteiger partial charge in [-0.15, -0.1) is 0 Å². The van der Waals surface area contributed by atoms with E-state index in [1.165, 1.54) is 24.8 Å². The minimum atomic E-state index is 0.295. The van der Waals surface area contributed by atoms with Gasteiger partial charge in [0.15, 0.2) is 5.78 Å². The van der Waals surface area contributed by atoms with Crippen LogP contribution < -0.4 is 5.73 Å². The van der Waals surface area contributed by atoms with Crippen LogP contribution in [0, 0.1) is 5.92 Å². The van der Waals surface area contributed by atoms with Crippen LogP contribution >= 0.6 is 0 Å². The molecule has 0 amide bonds. The molecule has 0 atom stereocenters. The summed E-state index contributed by atoms with van der Waals surface area (Å²) in [5.74, 6) is 0.945. The lowest BCUT2D eigenvalue weighted by molar-refractivity contribution is 0.0936. The smallest absolute Gasteiger partial charge is 0.163 e. The Morgan fingerprint density at radius 3 is 2.44 bits per heavy atom. The molecule has 0 heterocycles. The Morgan fingerprint density at radius 1 is 1.25 bits per heavy atom. The third-order valence-corrected chi connectivity index (χ3v) is 3.41. The van der Waals surface area contributed by atoms with Crippen LogP contribution in [-0.2, 0) is 6.42 Å². The van der Waals surface area contributed by atoms with Crippen LogP contribution in [0.4, 0.5) is 0 Å². The van der Waals surface area contributed by atoms with Crippen molar-refractivity contribution in [2.45, 2.75) is 32.1 Å². The fraction of sp³-hybridized carbons (Fsp3) is 0.500. The summed E-state index contributed by atoms with van der Waals surface area (Å²) in [6.45, 7) is 0.662. The number of carbonyl (C=O) groups is 1. The van der Waals surface area contributed by atoms with Crippen molar-refractivity contribution >= 4 is 5.78 Å². The van der Waals surface area contributed by atoms with Gasteiger partial charge in [-0.05, 0) is 24.4 Å². The number of nitrogens with two attached hydrogens (primary N) is 1. The first kappa shape index (κ1) is 11.3. The van der Waals surface area contributed by atoms with Crippen molar-refractivity contribution in [3.05, 3.63) is 35.4 Å². The molecule has 1 aliphatic rings. The van der Waals surface area contributed by atoms with Gasteiger partial charge in [0.1, 0.15) is 0 Å². The predicted octanol–water partition coefficient (Wildman–Crippen LogP) is 2.56. The van der Waals surface area contributed by atoms with Gasteiger partial charge in [-0.3, -0.25) is 4.79 Å². The van der Waals surface area contributed by atoms with Crippen molar-refractivity contribution < 1.29 is 4.79 Å². The Balaban J connectivity index is 1.94. The fourth-order valence-corrected chi connectivity index (χ4v) is 2.10. The van der Waals surface area contributed by atoms with Crippen molar-refractivity contribution in [1.82, 2.24) is 0 Å². The van der Waals surface area contributed by atoms with Crippen molar-refractivity contribution in [2.24, 2.45) is 11.7 Å². The van der Waals surface area contributed by atoms with Crippen LogP contribution in [0.1, 0.15) is 41.6 Å². The van der Waals surface area contributed by atoms with Crippen molar-refractivity contribution in [2.75, 3.05) is 6.54 Å². The first-order valence-corrected chi connectivity index (χ1v) is 6.12. The molecule has 0 saturated heterocycles. The lowest BCUT2D eigenvalue weighted by Crippen LogP contribution is -2.15. The maximum absolute atomic E-state index is 11.9. The molecule has 2 rings (SSSR count). The summed E-state index contributed by atoms with van der Waals surface area (Å²) in [7, 11) is 0. The molecule has 0 radical (unpaired) electrons. The van der Waals surface area contributed by atoms with Crippen LogP contribution in [0.15, 0.2) is 24.3 Å². The van der Waals surface area contributed by atoms with E-state index >= 15 is 0 Å². The molecule has 86 valence electrons. The van der Waals surface area contributed by atoms with Crippen LogP contribution in [0.25, 0.3) is 0 Å². The van der Waals surface area contributed by atoms with Gasteiger partial charge in [0.2, 0.25) is 0 Å². The summed E-state index contributed by atoms with van der Waals surface area (Å²) in [5, 5.41) is 0. The van der Waals surface area contributed by atoms with Gasteiger partial charge >= 0.3 is 0 Å². The Morgan fingerprint density at radius 2 is 1.94 bits per heavy atom. The Kier molecular flexibility index (Phi) is 3.73. The number of ketones is 1. The van der Waals surface area contributed by atoms with E-state index in [9.17, 15) is 4.79 Å². The molecule has 0 aliphatic heterocycles. The van der Waals surface area contributed by atoms with E-state index in [4.69, 9.17) is 5.73 Å². The highest BCUT2D eigenvalue weighted by molar-refractivity contribution is 5.96. The lowest BCUT2D eigenvalue weighted by Gasteiger charge is -2.24. The highest BCUT2D eigenvalue weighted by atomic mass is 16.1. The minimum Gasteiger partial charge on any atom is -0.330 e. The molecule has 1 aromatic carbocycles. The average molecular weight is 217 g/mol. The van der Waals surface area contributed by atoms with E-state index < -0.39 is 0 Å². The maximum Gasteiger partial charge on any atom is 0.163 e. The van der Waals surface area contributed by atoms with Gasteiger partial charge in [-0.25, -0.2) is 0 Å². The second-order valence-electron chi connectivity index (χ2n) is 4.66. The second kappa shape index (κ2) is 5.26. The van der Waals surface area contributed by atoms with E-state index in [1.54, 1.807) is 0 Å². The molecule has 1 aliphatic carbocycles. The van der Waals surface area contributed by atoms with Crippen molar-refractivity contribution in [1.29, 1.82) is 0 Å². The first-order chi connectivity index (χ1) is 7.79. The van der Waals surface area contributed by atoms with Gasteiger partial charge in [0.05, 0.1) is 0 Å². The summed E-state index contributed by atoms with van der Waals surface area (Å²) in [6, 6.07) is 7.90. The molecular formula is C14H19NO. The summed E-state index contributed by atoms with van der Waals surface area (Å²) in [5.41, 5.74) is 7.55. The molecule has 2 heteroatoms. The number of carbonyl (C=O) groups excluding carboxylic acids is 1. The minimum absolute atomic E-state index is 0.295. The Bertz CT molecular complexity index is 352. The summed E-state index contributed by atoms with van der Waals surface area (Å²) >= 11 is 0. The van der Waals surface area contributed by atoms with Crippen molar-refractivity contribution in [3.8, 4) is 0 Å². The molecule has 1 saturated carbocycles. The highest BCUT2D eigenvalue weighted by Crippen LogP contribution is 2.30. The number of rotatable bonds is 5. The Hall–Kier alpha value is -1.15. The molecule has 2 N–H and O–H groups in total. The topological polar surface area (TPSA) is 43.1 Å². The average Bonchev–Trinajstić information content (AvgIpc) is 2.25. The van der Waals surface area contributed by atoms with Crippen LogP contribution in [0.2, 0.25) is 0 Å². The monoisotopic (exact) mass is 217 g/mol. The predicted molar refractivity (Wildman–Crippen MR) is 65.5 cm³/mol. The van der Waals surface area contributed by atoms with E-state index in [-0.39, 0.29) is 0 Å². The van der Waals surface area contributed by atoms with Gasteiger partial charge in [-0.1, -0.05) is 43.5 Å². The highest BCUT2D eigenvalue weighted by Gasteiger charge is 2.21. The number of Topliss-reactive ketones (excluding diaryl/α,β-unsaturated/α-hetero) is 1. The third-order valence-electron chi connectivity index (χ3n) is 3.41. The van der Waals surface area contributed by atoms with Crippen molar-refractivity contribution in [3.63, 3.8) is 0 Å². The standard InChI is InChI=1S/C14H19NO/c15-9-8-11-4-6-13(7-5-11)14(16)10-12-2-1-3-12/h4-7,12H,1-3,8-10,15H2. The zero-order valence-electron chi connectivity index (χ0n) is 9.61. The van der Waals surface area contributed by atoms with Gasteiger partial charge in [0, 0.05) is 12.0 Å². The fourth-order valence-electron chi connectivity index (χ4n) is 2.10. The zero-order chi connectivity index (χ0) is 11.4. The second-order valence-corrected chi connectivity index (χ2v) is 4.66. The molecule has 0 bridgehead atoms. The van der Waals surface area contributed by atoms with E-state index in [2.05, 4.69) is 0 Å².